The molecule has 14 heteroatoms. The third-order valence-corrected chi connectivity index (χ3v) is 10.4. The van der Waals surface area contributed by atoms with E-state index >= 15 is 4.39 Å². The standard InChI is InChI=1S/C35H36FN7O6/c1-49-33-29-24(31(44)25(35(47)48)18-43(29)22-9-10-22)14-26(36)30(33)40-15-20-6-4-11-39(28(20)19-40)16-21-17-41(38-37-21)12-5-13-42-27-8-3-2-7-23(27)32(45)34(42)46/h2-3,7-8,14,17-18,20,22,28H,4-6,9-13,15-16,19H2,1H3,(H,47,48)/t20-,28+/m1/s1. The van der Waals surface area contributed by atoms with Crippen molar-refractivity contribution in [3.63, 3.8) is 0 Å². The SMILES string of the molecule is COc1c(N2C[C@H]3CCCN(Cc4cn(CCCN5C(=O)C(=O)c6ccccc65)nn4)[C@H]3C2)c(F)cc2c(=O)c(C(=O)O)cn(C3CC3)c12. The number of aromatic nitrogens is 4. The van der Waals surface area contributed by atoms with Gasteiger partial charge in [-0.05, 0) is 62.8 Å². The highest BCUT2D eigenvalue weighted by atomic mass is 19.1. The second-order valence-corrected chi connectivity index (χ2v) is 13.4. The fraction of sp³-hybridized carbons (Fsp3) is 0.429. The largest absolute Gasteiger partial charge is 0.492 e. The lowest BCUT2D eigenvalue weighted by Crippen LogP contribution is -2.44. The van der Waals surface area contributed by atoms with Gasteiger partial charge in [0.25, 0.3) is 11.7 Å². The van der Waals surface area contributed by atoms with E-state index in [9.17, 15) is 24.3 Å². The maximum Gasteiger partial charge on any atom is 0.341 e. The number of pyridine rings is 1. The number of anilines is 2. The third kappa shape index (κ3) is 5.34. The summed E-state index contributed by atoms with van der Waals surface area (Å²) in [5.74, 6) is -2.38. The number of nitrogens with zero attached hydrogens (tertiary/aromatic N) is 7. The van der Waals surface area contributed by atoms with Gasteiger partial charge in [0.2, 0.25) is 5.43 Å². The van der Waals surface area contributed by atoms with Crippen LogP contribution in [0.15, 0.2) is 47.5 Å². The molecule has 3 aliphatic heterocycles. The topological polar surface area (TPSA) is 143 Å². The average Bonchev–Trinajstić information content (AvgIpc) is 3.61. The van der Waals surface area contributed by atoms with Gasteiger partial charge in [-0.25, -0.2) is 9.18 Å². The molecule has 49 heavy (non-hydrogen) atoms. The summed E-state index contributed by atoms with van der Waals surface area (Å²) in [6.45, 7) is 3.56. The molecule has 4 aromatic rings. The number of carbonyl (C=O) groups excluding carboxylic acids is 2. The third-order valence-electron chi connectivity index (χ3n) is 10.4. The Morgan fingerprint density at radius 2 is 1.90 bits per heavy atom. The van der Waals surface area contributed by atoms with Crippen LogP contribution in [-0.4, -0.2) is 86.6 Å². The number of rotatable bonds is 10. The molecular formula is C35H36FN7O6. The number of hydrogen-bond acceptors (Lipinski definition) is 9. The van der Waals surface area contributed by atoms with Gasteiger partial charge in [-0.1, -0.05) is 17.3 Å². The molecule has 2 saturated heterocycles. The number of hydrogen-bond donors (Lipinski definition) is 1. The van der Waals surface area contributed by atoms with Crippen LogP contribution in [0.3, 0.4) is 0 Å². The maximum atomic E-state index is 16.0. The smallest absolute Gasteiger partial charge is 0.341 e. The van der Waals surface area contributed by atoms with E-state index in [-0.39, 0.29) is 34.7 Å². The number of carboxylic acid groups (broad SMARTS) is 1. The second-order valence-electron chi connectivity index (χ2n) is 13.4. The van der Waals surface area contributed by atoms with Gasteiger partial charge in [-0.2, -0.15) is 0 Å². The van der Waals surface area contributed by atoms with Crippen LogP contribution in [0.2, 0.25) is 0 Å². The first-order valence-electron chi connectivity index (χ1n) is 16.7. The van der Waals surface area contributed by atoms with Crippen LogP contribution in [0.1, 0.15) is 64.6 Å². The number of Topliss-reactive ketones (excluding diaryl/α,β-unsaturated/α-hetero) is 1. The van der Waals surface area contributed by atoms with Gasteiger partial charge >= 0.3 is 5.97 Å². The van der Waals surface area contributed by atoms with Gasteiger partial charge in [-0.15, -0.1) is 5.10 Å². The summed E-state index contributed by atoms with van der Waals surface area (Å²) in [6.07, 6.45) is 7.56. The molecule has 5 heterocycles. The quantitative estimate of drug-likeness (QED) is 0.249. The molecule has 0 unspecified atom stereocenters. The number of aryl methyl sites for hydroxylation is 1. The molecule has 2 atom stereocenters. The average molecular weight is 670 g/mol. The van der Waals surface area contributed by atoms with Gasteiger partial charge in [-0.3, -0.25) is 24.0 Å². The van der Waals surface area contributed by atoms with Crippen LogP contribution in [0.5, 0.6) is 5.75 Å². The molecule has 0 spiro atoms. The van der Waals surface area contributed by atoms with E-state index in [1.54, 1.807) is 27.4 Å². The van der Waals surface area contributed by atoms with E-state index in [1.165, 1.54) is 24.3 Å². The first-order chi connectivity index (χ1) is 23.7. The molecule has 3 fully saturated rings. The summed E-state index contributed by atoms with van der Waals surface area (Å²) in [4.78, 5) is 55.7. The number of halogens is 1. The van der Waals surface area contributed by atoms with E-state index in [0.717, 1.165) is 37.9 Å². The Labute approximate surface area is 280 Å². The summed E-state index contributed by atoms with van der Waals surface area (Å²) in [6, 6.07) is 8.37. The van der Waals surface area contributed by atoms with Gasteiger partial charge in [0.1, 0.15) is 11.3 Å². The summed E-state index contributed by atoms with van der Waals surface area (Å²) in [5.41, 5.74) is 1.54. The second kappa shape index (κ2) is 12.1. The summed E-state index contributed by atoms with van der Waals surface area (Å²) < 4.78 is 25.4. The van der Waals surface area contributed by atoms with Gasteiger partial charge in [0, 0.05) is 57.2 Å². The highest BCUT2D eigenvalue weighted by Crippen LogP contribution is 2.45. The van der Waals surface area contributed by atoms with Gasteiger partial charge < -0.3 is 24.2 Å². The molecule has 1 saturated carbocycles. The van der Waals surface area contributed by atoms with Gasteiger partial charge in [0.05, 0.1) is 35.0 Å². The van der Waals surface area contributed by atoms with Gasteiger partial charge in [0.15, 0.2) is 11.6 Å². The van der Waals surface area contributed by atoms with Crippen molar-refractivity contribution in [2.75, 3.05) is 43.1 Å². The minimum absolute atomic E-state index is 0.0107. The molecule has 1 amide bonds. The highest BCUT2D eigenvalue weighted by Gasteiger charge is 2.42. The molecule has 4 aliphatic rings. The van der Waals surface area contributed by atoms with Crippen molar-refractivity contribution < 1.29 is 28.6 Å². The minimum Gasteiger partial charge on any atom is -0.492 e. The zero-order valence-corrected chi connectivity index (χ0v) is 27.0. The lowest BCUT2D eigenvalue weighted by atomic mass is 9.92. The number of aromatic carboxylic acids is 1. The zero-order chi connectivity index (χ0) is 34.0. The number of carbonyl (C=O) groups is 3. The lowest BCUT2D eigenvalue weighted by molar-refractivity contribution is -0.114. The fourth-order valence-corrected chi connectivity index (χ4v) is 7.97. The number of amides is 1. The van der Waals surface area contributed by atoms with Crippen LogP contribution in [0.25, 0.3) is 10.9 Å². The first-order valence-corrected chi connectivity index (χ1v) is 16.7. The number of fused-ring (bicyclic) bond motifs is 3. The number of ketones is 1. The van der Waals surface area contributed by atoms with E-state index in [2.05, 4.69) is 15.2 Å². The van der Waals surface area contributed by atoms with E-state index in [1.807, 2.05) is 17.2 Å². The predicted molar refractivity (Wildman–Crippen MR) is 177 cm³/mol. The van der Waals surface area contributed by atoms with Crippen molar-refractivity contribution in [2.24, 2.45) is 5.92 Å². The Morgan fingerprint density at radius 1 is 1.08 bits per heavy atom. The number of benzene rings is 2. The molecule has 13 nitrogen and oxygen atoms in total. The fourth-order valence-electron chi connectivity index (χ4n) is 7.97. The normalized spacial score (nSPS) is 20.7. The Bertz CT molecular complexity index is 2070. The highest BCUT2D eigenvalue weighted by molar-refractivity contribution is 6.52. The van der Waals surface area contributed by atoms with Crippen LogP contribution in [0.4, 0.5) is 15.8 Å². The van der Waals surface area contributed by atoms with Crippen molar-refractivity contribution in [3.8, 4) is 5.75 Å². The predicted octanol–water partition coefficient (Wildman–Crippen LogP) is 3.49. The monoisotopic (exact) mass is 669 g/mol. The molecule has 0 bridgehead atoms. The van der Waals surface area contributed by atoms with Crippen LogP contribution >= 0.6 is 0 Å². The molecule has 254 valence electrons. The van der Waals surface area contributed by atoms with Crippen LogP contribution < -0.4 is 20.0 Å². The summed E-state index contributed by atoms with van der Waals surface area (Å²) in [5, 5.41) is 18.4. The Balaban J connectivity index is 0.983. The van der Waals surface area contributed by atoms with Crippen molar-refractivity contribution in [1.82, 2.24) is 24.5 Å². The first kappa shape index (κ1) is 31.2. The molecule has 1 N–H and O–H groups in total. The Kier molecular flexibility index (Phi) is 7.69. The van der Waals surface area contributed by atoms with Crippen LogP contribution in [0, 0.1) is 11.7 Å². The maximum absolute atomic E-state index is 16.0. The number of carboxylic acids is 1. The van der Waals surface area contributed by atoms with E-state index < -0.39 is 28.9 Å². The summed E-state index contributed by atoms with van der Waals surface area (Å²) in [7, 11) is 1.46. The van der Waals surface area contributed by atoms with Crippen molar-refractivity contribution in [1.29, 1.82) is 0 Å². The Hall–Kier alpha value is -5.11. The number of para-hydroxylation sites is 1. The molecule has 2 aromatic carbocycles. The van der Waals surface area contributed by atoms with Crippen molar-refractivity contribution in [3.05, 3.63) is 75.6 Å². The number of piperidine rings is 1. The van der Waals surface area contributed by atoms with Crippen LogP contribution in [-0.2, 0) is 17.9 Å². The molecule has 8 rings (SSSR count). The summed E-state index contributed by atoms with van der Waals surface area (Å²) >= 11 is 0. The Morgan fingerprint density at radius 3 is 2.67 bits per heavy atom. The minimum atomic E-state index is -1.34. The number of likely N-dealkylation sites (tertiary alicyclic amines) is 1. The lowest BCUT2D eigenvalue weighted by Gasteiger charge is -2.36. The molecule has 0 radical (unpaired) electrons. The number of ether oxygens (including phenoxy) is 1. The van der Waals surface area contributed by atoms with Crippen molar-refractivity contribution >= 4 is 39.9 Å². The number of methoxy groups -OCH3 is 1. The zero-order valence-electron chi connectivity index (χ0n) is 27.0. The molecule has 1 aliphatic carbocycles. The molecule has 2 aromatic heterocycles. The van der Waals surface area contributed by atoms with E-state index in [0.29, 0.717) is 61.6 Å². The van der Waals surface area contributed by atoms with E-state index in [4.69, 9.17) is 4.74 Å². The molecular weight excluding hydrogens is 633 g/mol. The van der Waals surface area contributed by atoms with Crippen molar-refractivity contribution in [2.45, 2.75) is 57.3 Å².